The number of benzene rings is 8. The van der Waals surface area contributed by atoms with Gasteiger partial charge < -0.3 is 0 Å². The molecule has 0 bridgehead atoms. The second-order valence-corrected chi connectivity index (χ2v) is 11.0. The Hall–Kier alpha value is -5.73. The smallest absolute Gasteiger partial charge is 0.114 e. The Labute approximate surface area is 278 Å². The number of hydrogen-bond acceptors (Lipinski definition) is 1. The van der Waals surface area contributed by atoms with Gasteiger partial charge in [-0.25, -0.2) is 4.98 Å². The SMILES string of the molecule is [2H]c1c([2H])c([2H])c2c(-c3c4ccccc4c(-c4ccc5cc(-n6c(C([2H])([2H])C([2H])([2H])[2H])nc7ccccc76)ccc5c4)c4ccccc34)c([2H])c([2H])c([2H])c2c1[2H]. The minimum absolute atomic E-state index is 0.0253. The number of fused-ring (bicyclic) bond motifs is 5. The maximum Gasteiger partial charge on any atom is 0.114 e. The molecule has 2 nitrogen and oxygen atoms in total. The van der Waals surface area contributed by atoms with Gasteiger partial charge in [0.05, 0.1) is 20.6 Å². The molecular formula is C43H30N2. The molecule has 0 fully saturated rings. The average molecular weight is 587 g/mol. The minimum Gasteiger partial charge on any atom is -0.296 e. The maximum absolute atomic E-state index is 9.18. The van der Waals surface area contributed by atoms with Crippen molar-refractivity contribution < 1.29 is 16.4 Å². The fraction of sp³-hybridized carbons (Fsp3) is 0.0465. The largest absolute Gasteiger partial charge is 0.296 e. The molecule has 0 unspecified atom stereocenters. The maximum atomic E-state index is 9.18. The van der Waals surface area contributed by atoms with Crippen LogP contribution < -0.4 is 0 Å². The van der Waals surface area contributed by atoms with Crippen LogP contribution in [0.4, 0.5) is 0 Å². The third kappa shape index (κ3) is 3.99. The molecule has 0 aliphatic heterocycles. The van der Waals surface area contributed by atoms with Gasteiger partial charge in [0.1, 0.15) is 5.82 Å². The van der Waals surface area contributed by atoms with Crippen LogP contribution in [0.3, 0.4) is 0 Å². The van der Waals surface area contributed by atoms with Gasteiger partial charge in [-0.05, 0) is 95.7 Å². The van der Waals surface area contributed by atoms with Gasteiger partial charge in [-0.3, -0.25) is 4.57 Å². The average Bonchev–Trinajstić information content (AvgIpc) is 3.60. The van der Waals surface area contributed by atoms with Crippen LogP contribution in [0.1, 0.15) is 29.1 Å². The monoisotopic (exact) mass is 586 g/mol. The highest BCUT2D eigenvalue weighted by Gasteiger charge is 2.18. The highest BCUT2D eigenvalue weighted by Crippen LogP contribution is 2.45. The van der Waals surface area contributed by atoms with E-state index in [1.54, 1.807) is 28.8 Å². The lowest BCUT2D eigenvalue weighted by molar-refractivity contribution is 0.909. The molecule has 2 heteroatoms. The van der Waals surface area contributed by atoms with Gasteiger partial charge in [0, 0.05) is 18.9 Å². The van der Waals surface area contributed by atoms with E-state index in [4.69, 9.17) is 15.1 Å². The van der Waals surface area contributed by atoms with Crippen molar-refractivity contribution in [2.75, 3.05) is 0 Å². The van der Waals surface area contributed by atoms with E-state index >= 15 is 0 Å². The van der Waals surface area contributed by atoms with Crippen molar-refractivity contribution in [2.24, 2.45) is 0 Å². The van der Waals surface area contributed by atoms with Crippen LogP contribution in [0.25, 0.3) is 82.1 Å². The number of rotatable bonds is 4. The highest BCUT2D eigenvalue weighted by atomic mass is 15.1. The van der Waals surface area contributed by atoms with Gasteiger partial charge in [0.15, 0.2) is 0 Å². The summed E-state index contributed by atoms with van der Waals surface area (Å²) in [4.78, 5) is 4.46. The lowest BCUT2D eigenvalue weighted by atomic mass is 9.84. The van der Waals surface area contributed by atoms with Crippen LogP contribution in [0.5, 0.6) is 0 Å². The summed E-state index contributed by atoms with van der Waals surface area (Å²) in [7, 11) is 0. The summed E-state index contributed by atoms with van der Waals surface area (Å²) in [5, 5.41) is 4.60. The van der Waals surface area contributed by atoms with Crippen molar-refractivity contribution in [3.8, 4) is 27.9 Å². The van der Waals surface area contributed by atoms with E-state index in [1.165, 1.54) is 0 Å². The second-order valence-electron chi connectivity index (χ2n) is 11.0. The number of aromatic nitrogens is 2. The molecule has 1 heterocycles. The summed E-state index contributed by atoms with van der Waals surface area (Å²) in [5.41, 5.74) is 4.04. The summed E-state index contributed by atoms with van der Waals surface area (Å²) < 4.78 is 104. The molecule has 0 saturated heterocycles. The van der Waals surface area contributed by atoms with Crippen molar-refractivity contribution >= 4 is 54.1 Å². The zero-order valence-corrected chi connectivity index (χ0v) is 23.8. The van der Waals surface area contributed by atoms with Crippen LogP contribution >= 0.6 is 0 Å². The third-order valence-corrected chi connectivity index (χ3v) is 8.54. The Morgan fingerprint density at radius 3 is 2.09 bits per heavy atom. The van der Waals surface area contributed by atoms with Gasteiger partial charge in [-0.1, -0.05) is 128 Å². The number of aryl methyl sites for hydroxylation is 1. The van der Waals surface area contributed by atoms with Crippen molar-refractivity contribution in [3.63, 3.8) is 0 Å². The van der Waals surface area contributed by atoms with Crippen molar-refractivity contribution in [3.05, 3.63) is 157 Å². The molecule has 0 saturated carbocycles. The van der Waals surface area contributed by atoms with E-state index in [9.17, 15) is 1.37 Å². The van der Waals surface area contributed by atoms with E-state index in [0.717, 1.165) is 32.7 Å². The summed E-state index contributed by atoms with van der Waals surface area (Å²) in [5.74, 6) is -0.216. The topological polar surface area (TPSA) is 17.8 Å². The first kappa shape index (κ1) is 16.4. The molecule has 0 atom stereocenters. The molecule has 0 N–H and O–H groups in total. The minimum atomic E-state index is -2.97. The van der Waals surface area contributed by atoms with Gasteiger partial charge >= 0.3 is 0 Å². The molecule has 0 amide bonds. The molecule has 0 aliphatic carbocycles. The van der Waals surface area contributed by atoms with Crippen LogP contribution in [0, 0.1) is 0 Å². The standard InChI is InChI=1S/C43H30N2/c1-2-41-44-39-20-9-10-21-40(39)45(41)32-25-24-29-26-31(23-22-30(29)27-32)42-35-15-5-7-17-37(35)43(38-18-8-6-16-36(38)42)34-19-11-13-28-12-3-4-14-33(28)34/h3-27H,2H2,1H3/i1D3,2D2,3D,4D,11D,12D,13D,14D,19D. The molecule has 1 aromatic heterocycles. The summed E-state index contributed by atoms with van der Waals surface area (Å²) >= 11 is 0. The zero-order chi connectivity index (χ0) is 40.3. The summed E-state index contributed by atoms with van der Waals surface area (Å²) in [6.07, 6.45) is -2.74. The molecule has 212 valence electrons. The Morgan fingerprint density at radius 2 is 1.29 bits per heavy atom. The van der Waals surface area contributed by atoms with E-state index in [1.807, 2.05) is 84.9 Å². The van der Waals surface area contributed by atoms with E-state index < -0.39 is 43.4 Å². The van der Waals surface area contributed by atoms with E-state index in [-0.39, 0.29) is 34.2 Å². The second kappa shape index (κ2) is 10.2. The molecule has 8 aromatic carbocycles. The van der Waals surface area contributed by atoms with E-state index in [0.29, 0.717) is 33.1 Å². The van der Waals surface area contributed by atoms with Crippen molar-refractivity contribution in [1.29, 1.82) is 0 Å². The van der Waals surface area contributed by atoms with Gasteiger partial charge in [-0.2, -0.15) is 0 Å². The lowest BCUT2D eigenvalue weighted by Gasteiger charge is -2.19. The number of imidazole rings is 1. The van der Waals surface area contributed by atoms with Crippen molar-refractivity contribution in [1.82, 2.24) is 9.55 Å². The number of nitrogens with zero attached hydrogens (tertiary/aromatic N) is 2. The fourth-order valence-corrected chi connectivity index (χ4v) is 6.61. The van der Waals surface area contributed by atoms with Crippen LogP contribution in [-0.4, -0.2) is 9.55 Å². The molecule has 9 aromatic rings. The Kier molecular flexibility index (Phi) is 3.70. The van der Waals surface area contributed by atoms with Gasteiger partial charge in [0.2, 0.25) is 0 Å². The molecule has 45 heavy (non-hydrogen) atoms. The Balaban J connectivity index is 1.29. The molecule has 0 spiro atoms. The normalized spacial score (nSPS) is 16.2. The molecule has 0 aliphatic rings. The Morgan fingerprint density at radius 1 is 0.622 bits per heavy atom. The quantitative estimate of drug-likeness (QED) is 0.188. The predicted molar refractivity (Wildman–Crippen MR) is 191 cm³/mol. The van der Waals surface area contributed by atoms with Gasteiger partial charge in [0.25, 0.3) is 0 Å². The Bertz CT molecular complexity index is 3120. The summed E-state index contributed by atoms with van der Waals surface area (Å²) in [6, 6.07) is 30.9. The first-order valence-electron chi connectivity index (χ1n) is 20.6. The molecule has 9 rings (SSSR count). The first-order chi connectivity index (χ1) is 27.1. The van der Waals surface area contributed by atoms with E-state index in [2.05, 4.69) is 4.98 Å². The number of hydrogen-bond donors (Lipinski definition) is 0. The molecule has 0 radical (unpaired) electrons. The molecular weight excluding hydrogens is 544 g/mol. The van der Waals surface area contributed by atoms with Gasteiger partial charge in [-0.15, -0.1) is 0 Å². The van der Waals surface area contributed by atoms with Crippen LogP contribution in [-0.2, 0) is 6.37 Å². The zero-order valence-electron chi connectivity index (χ0n) is 35.8. The highest BCUT2D eigenvalue weighted by molar-refractivity contribution is 6.23. The predicted octanol–water partition coefficient (Wildman–Crippen LogP) is 11.5. The summed E-state index contributed by atoms with van der Waals surface area (Å²) in [6.45, 7) is -2.97. The first-order valence-corrected chi connectivity index (χ1v) is 14.6. The van der Waals surface area contributed by atoms with Crippen LogP contribution in [0.2, 0.25) is 0 Å². The van der Waals surface area contributed by atoms with Crippen molar-refractivity contribution in [2.45, 2.75) is 13.2 Å². The fourth-order valence-electron chi connectivity index (χ4n) is 6.61. The lowest BCUT2D eigenvalue weighted by Crippen LogP contribution is -2.00. The van der Waals surface area contributed by atoms with Crippen LogP contribution in [0.15, 0.2) is 151 Å². The third-order valence-electron chi connectivity index (χ3n) is 8.54. The number of para-hydroxylation sites is 2.